The second-order valence-electron chi connectivity index (χ2n) is 6.89. The third-order valence-corrected chi connectivity index (χ3v) is 4.08. The van der Waals surface area contributed by atoms with Gasteiger partial charge in [0, 0.05) is 12.0 Å². The fourth-order valence-corrected chi connectivity index (χ4v) is 2.82. The number of carbonyl (C=O) groups excluding carboxylic acids is 1. The predicted octanol–water partition coefficient (Wildman–Crippen LogP) is 2.80. The molecule has 1 aromatic rings. The van der Waals surface area contributed by atoms with Gasteiger partial charge in [-0.3, -0.25) is 9.63 Å². The molecule has 2 rings (SSSR count). The Labute approximate surface area is 176 Å². The maximum absolute atomic E-state index is 11.6. The molecule has 156 valence electrons. The first-order valence-corrected chi connectivity index (χ1v) is 9.14. The highest BCUT2D eigenvalue weighted by Gasteiger charge is 2.32. The molecule has 8 nitrogen and oxygen atoms in total. The molecular formula is C19H30BrN5O3. The number of benzene rings is 1. The van der Waals surface area contributed by atoms with Gasteiger partial charge in [0.15, 0.2) is 11.4 Å². The Hall–Kier alpha value is -2.13. The van der Waals surface area contributed by atoms with E-state index in [0.717, 1.165) is 24.2 Å². The normalized spacial score (nSPS) is 15.4. The van der Waals surface area contributed by atoms with E-state index in [4.69, 9.17) is 21.0 Å². The molecule has 1 heterocycles. The number of nitrogens with two attached hydrogens (primary N) is 2. The van der Waals surface area contributed by atoms with Crippen LogP contribution in [0.25, 0.3) is 0 Å². The maximum atomic E-state index is 11.6. The zero-order valence-electron chi connectivity index (χ0n) is 16.9. The number of aryl methyl sites for hydroxylation is 1. The van der Waals surface area contributed by atoms with E-state index >= 15 is 0 Å². The van der Waals surface area contributed by atoms with E-state index in [1.54, 1.807) is 13.0 Å². The van der Waals surface area contributed by atoms with Crippen LogP contribution in [0.15, 0.2) is 28.2 Å². The standard InChI is InChI=1S/C19H29N5O3.BrH/c1-5-7-15-12-14(13(2)25)8-9-16(15)26-10-6-11-27-24-18(21)22-17(20)23-19(24,3)4;/h8-9,12H,5-7,10-11H2,1-4H3,(H4,20,21,22,23);1H. The topological polar surface area (TPSA) is 116 Å². The molecule has 0 atom stereocenters. The highest BCUT2D eigenvalue weighted by molar-refractivity contribution is 8.93. The molecule has 0 spiro atoms. The summed E-state index contributed by atoms with van der Waals surface area (Å²) in [5, 5.41) is 1.45. The molecule has 0 radical (unpaired) electrons. The molecule has 0 bridgehead atoms. The number of nitrogens with zero attached hydrogens (tertiary/aromatic N) is 3. The summed E-state index contributed by atoms with van der Waals surface area (Å²) in [6.07, 6.45) is 2.49. The van der Waals surface area contributed by atoms with Crippen LogP contribution in [0, 0.1) is 0 Å². The molecule has 1 aliphatic heterocycles. The number of halogens is 1. The van der Waals surface area contributed by atoms with Gasteiger partial charge in [0.1, 0.15) is 5.75 Å². The van der Waals surface area contributed by atoms with Crippen LogP contribution in [0.3, 0.4) is 0 Å². The van der Waals surface area contributed by atoms with Crippen LogP contribution in [0.1, 0.15) is 56.5 Å². The zero-order chi connectivity index (χ0) is 20.0. The van der Waals surface area contributed by atoms with Gasteiger partial charge in [-0.2, -0.15) is 10.1 Å². The van der Waals surface area contributed by atoms with Crippen LogP contribution in [0.2, 0.25) is 0 Å². The summed E-state index contributed by atoms with van der Waals surface area (Å²) in [6, 6.07) is 5.56. The van der Waals surface area contributed by atoms with Gasteiger partial charge in [0.05, 0.1) is 13.2 Å². The summed E-state index contributed by atoms with van der Waals surface area (Å²) in [7, 11) is 0. The fourth-order valence-electron chi connectivity index (χ4n) is 2.82. The Morgan fingerprint density at radius 1 is 1.25 bits per heavy atom. The largest absolute Gasteiger partial charge is 0.493 e. The Kier molecular flexibility index (Phi) is 8.90. The smallest absolute Gasteiger partial charge is 0.226 e. The highest BCUT2D eigenvalue weighted by atomic mass is 79.9. The predicted molar refractivity (Wildman–Crippen MR) is 116 cm³/mol. The molecule has 0 unspecified atom stereocenters. The summed E-state index contributed by atoms with van der Waals surface area (Å²) in [5.74, 6) is 1.18. The number of ether oxygens (including phenoxy) is 1. The number of rotatable bonds is 9. The fraction of sp³-hybridized carbons (Fsp3) is 0.526. The number of hydrogen-bond acceptors (Lipinski definition) is 8. The van der Waals surface area contributed by atoms with E-state index in [-0.39, 0.29) is 34.7 Å². The minimum absolute atomic E-state index is 0. The first-order valence-electron chi connectivity index (χ1n) is 9.14. The van der Waals surface area contributed by atoms with E-state index in [0.29, 0.717) is 25.2 Å². The quantitative estimate of drug-likeness (QED) is 0.436. The van der Waals surface area contributed by atoms with Crippen LogP contribution in [-0.2, 0) is 11.3 Å². The average molecular weight is 456 g/mol. The summed E-state index contributed by atoms with van der Waals surface area (Å²) >= 11 is 0. The Morgan fingerprint density at radius 3 is 2.57 bits per heavy atom. The van der Waals surface area contributed by atoms with Crippen molar-refractivity contribution < 1.29 is 14.4 Å². The van der Waals surface area contributed by atoms with Crippen LogP contribution in [0.4, 0.5) is 0 Å². The lowest BCUT2D eigenvalue weighted by molar-refractivity contribution is -0.158. The van der Waals surface area contributed by atoms with Gasteiger partial charge >= 0.3 is 0 Å². The van der Waals surface area contributed by atoms with Crippen molar-refractivity contribution in [2.75, 3.05) is 13.2 Å². The Balaban J connectivity index is 0.00000392. The highest BCUT2D eigenvalue weighted by Crippen LogP contribution is 2.23. The lowest BCUT2D eigenvalue weighted by Crippen LogP contribution is -2.53. The number of carbonyl (C=O) groups is 1. The molecule has 1 aromatic carbocycles. The van der Waals surface area contributed by atoms with E-state index < -0.39 is 5.66 Å². The number of Topliss-reactive ketones (excluding diaryl/α,β-unsaturated/α-hetero) is 1. The number of hydroxylamine groups is 2. The Bertz CT molecular complexity index is 749. The SMILES string of the molecule is Br.CCCc1cc(C(C)=O)ccc1OCCCON1C(N)=NC(N)=NC1(C)C. The molecule has 0 saturated heterocycles. The molecule has 1 aliphatic rings. The third kappa shape index (κ3) is 6.20. The molecule has 0 saturated carbocycles. The third-order valence-electron chi connectivity index (χ3n) is 4.08. The van der Waals surface area contributed by atoms with Crippen molar-refractivity contribution in [3.05, 3.63) is 29.3 Å². The van der Waals surface area contributed by atoms with Crippen molar-refractivity contribution in [3.8, 4) is 5.75 Å². The molecule has 0 amide bonds. The molecular weight excluding hydrogens is 426 g/mol. The first-order chi connectivity index (χ1) is 12.7. The monoisotopic (exact) mass is 455 g/mol. The van der Waals surface area contributed by atoms with Crippen molar-refractivity contribution in [2.24, 2.45) is 21.5 Å². The summed E-state index contributed by atoms with van der Waals surface area (Å²) in [4.78, 5) is 25.4. The summed E-state index contributed by atoms with van der Waals surface area (Å²) in [6.45, 7) is 8.21. The van der Waals surface area contributed by atoms with Crippen molar-refractivity contribution in [1.82, 2.24) is 5.06 Å². The van der Waals surface area contributed by atoms with E-state index in [1.807, 2.05) is 26.0 Å². The second kappa shape index (κ2) is 10.4. The molecule has 9 heteroatoms. The van der Waals surface area contributed by atoms with Crippen molar-refractivity contribution in [3.63, 3.8) is 0 Å². The van der Waals surface area contributed by atoms with E-state index in [9.17, 15) is 4.79 Å². The molecule has 0 aliphatic carbocycles. The number of ketones is 1. The van der Waals surface area contributed by atoms with Gasteiger partial charge in [0.2, 0.25) is 11.9 Å². The van der Waals surface area contributed by atoms with Crippen molar-refractivity contribution in [2.45, 2.75) is 52.6 Å². The van der Waals surface area contributed by atoms with Crippen LogP contribution >= 0.6 is 17.0 Å². The molecule has 28 heavy (non-hydrogen) atoms. The van der Waals surface area contributed by atoms with Crippen LogP contribution in [-0.4, -0.2) is 41.6 Å². The van der Waals surface area contributed by atoms with Gasteiger partial charge in [0.25, 0.3) is 0 Å². The second-order valence-corrected chi connectivity index (χ2v) is 6.89. The average Bonchev–Trinajstić information content (AvgIpc) is 2.57. The lowest BCUT2D eigenvalue weighted by atomic mass is 10.0. The number of guanidine groups is 2. The molecule has 0 fully saturated rings. The maximum Gasteiger partial charge on any atom is 0.226 e. The van der Waals surface area contributed by atoms with E-state index in [1.165, 1.54) is 5.06 Å². The Morgan fingerprint density at radius 2 is 1.96 bits per heavy atom. The number of aliphatic imine (C=N–C) groups is 2. The lowest BCUT2D eigenvalue weighted by Gasteiger charge is -2.36. The van der Waals surface area contributed by atoms with Gasteiger partial charge in [-0.05, 0) is 51.0 Å². The van der Waals surface area contributed by atoms with Gasteiger partial charge in [-0.25, -0.2) is 4.99 Å². The number of hydrogen-bond donors (Lipinski definition) is 2. The van der Waals surface area contributed by atoms with Gasteiger partial charge in [-0.1, -0.05) is 13.3 Å². The zero-order valence-corrected chi connectivity index (χ0v) is 18.6. The van der Waals surface area contributed by atoms with Crippen LogP contribution < -0.4 is 16.2 Å². The van der Waals surface area contributed by atoms with Gasteiger partial charge in [-0.15, -0.1) is 17.0 Å². The van der Waals surface area contributed by atoms with Crippen LogP contribution in [0.5, 0.6) is 5.75 Å². The molecule has 4 N–H and O–H groups in total. The summed E-state index contributed by atoms with van der Waals surface area (Å²) < 4.78 is 5.89. The van der Waals surface area contributed by atoms with Crippen molar-refractivity contribution in [1.29, 1.82) is 0 Å². The first kappa shape index (κ1) is 23.9. The van der Waals surface area contributed by atoms with Gasteiger partial charge < -0.3 is 16.2 Å². The minimum atomic E-state index is -0.715. The van der Waals surface area contributed by atoms with E-state index in [2.05, 4.69) is 16.9 Å². The van der Waals surface area contributed by atoms with Crippen molar-refractivity contribution >= 4 is 34.7 Å². The molecule has 0 aromatic heterocycles. The minimum Gasteiger partial charge on any atom is -0.493 e. The summed E-state index contributed by atoms with van der Waals surface area (Å²) in [5.41, 5.74) is 12.5.